The van der Waals surface area contributed by atoms with Gasteiger partial charge in [-0.3, -0.25) is 4.79 Å². The van der Waals surface area contributed by atoms with E-state index in [1.165, 1.54) is 11.3 Å². The van der Waals surface area contributed by atoms with E-state index in [9.17, 15) is 4.79 Å². The van der Waals surface area contributed by atoms with Gasteiger partial charge in [-0.2, -0.15) is 0 Å². The summed E-state index contributed by atoms with van der Waals surface area (Å²) in [5, 5.41) is 4.85. The van der Waals surface area contributed by atoms with Crippen LogP contribution in [-0.2, 0) is 0 Å². The number of aryl methyl sites for hydroxylation is 2. The summed E-state index contributed by atoms with van der Waals surface area (Å²) in [7, 11) is 0. The first-order valence-electron chi connectivity index (χ1n) is 5.49. The van der Waals surface area contributed by atoms with E-state index in [1.807, 2.05) is 44.4 Å². The topological polar surface area (TPSA) is 42.2 Å². The third-order valence-electron chi connectivity index (χ3n) is 2.60. The van der Waals surface area contributed by atoms with Gasteiger partial charge in [-0.05, 0) is 49.9 Å². The molecule has 0 aromatic carbocycles. The summed E-state index contributed by atoms with van der Waals surface area (Å²) in [4.78, 5) is 12.7. The maximum atomic E-state index is 12.0. The highest BCUT2D eigenvalue weighted by Gasteiger charge is 2.16. The Hall–Kier alpha value is -1.55. The van der Waals surface area contributed by atoms with E-state index in [2.05, 4.69) is 5.32 Å². The van der Waals surface area contributed by atoms with Gasteiger partial charge in [0.2, 0.25) is 0 Å². The van der Waals surface area contributed by atoms with Gasteiger partial charge in [0.1, 0.15) is 11.5 Å². The van der Waals surface area contributed by atoms with Crippen molar-refractivity contribution in [3.05, 3.63) is 45.5 Å². The van der Waals surface area contributed by atoms with Gasteiger partial charge in [-0.15, -0.1) is 11.3 Å². The lowest BCUT2D eigenvalue weighted by molar-refractivity contribution is 0.0938. The second kappa shape index (κ2) is 4.75. The van der Waals surface area contributed by atoms with Crippen LogP contribution in [0.3, 0.4) is 0 Å². The molecule has 2 heterocycles. The van der Waals surface area contributed by atoms with Gasteiger partial charge < -0.3 is 9.73 Å². The Morgan fingerprint density at radius 2 is 2.12 bits per heavy atom. The summed E-state index contributed by atoms with van der Waals surface area (Å²) in [6.45, 7) is 5.74. The molecule has 0 bridgehead atoms. The smallest absolute Gasteiger partial charge is 0.262 e. The Balaban J connectivity index is 2.07. The monoisotopic (exact) mass is 249 g/mol. The van der Waals surface area contributed by atoms with Crippen molar-refractivity contribution in [1.82, 2.24) is 5.32 Å². The van der Waals surface area contributed by atoms with Crippen LogP contribution >= 0.6 is 11.3 Å². The number of furan rings is 1. The largest absolute Gasteiger partial charge is 0.464 e. The van der Waals surface area contributed by atoms with Crippen LogP contribution in [-0.4, -0.2) is 5.91 Å². The summed E-state index contributed by atoms with van der Waals surface area (Å²) in [5.74, 6) is 1.59. The quantitative estimate of drug-likeness (QED) is 0.905. The summed E-state index contributed by atoms with van der Waals surface area (Å²) in [6, 6.07) is 5.62. The van der Waals surface area contributed by atoms with Crippen LogP contribution in [0, 0.1) is 13.8 Å². The van der Waals surface area contributed by atoms with E-state index in [-0.39, 0.29) is 11.9 Å². The van der Waals surface area contributed by atoms with Gasteiger partial charge in [0.25, 0.3) is 5.91 Å². The fourth-order valence-corrected chi connectivity index (χ4v) is 2.45. The molecule has 0 aliphatic carbocycles. The van der Waals surface area contributed by atoms with Crippen LogP contribution in [0.25, 0.3) is 0 Å². The Morgan fingerprint density at radius 1 is 1.35 bits per heavy atom. The zero-order valence-electron chi connectivity index (χ0n) is 10.1. The molecule has 0 saturated carbocycles. The van der Waals surface area contributed by atoms with Crippen molar-refractivity contribution < 1.29 is 9.21 Å². The van der Waals surface area contributed by atoms with E-state index < -0.39 is 0 Å². The predicted molar refractivity (Wildman–Crippen MR) is 68.4 cm³/mol. The molecule has 2 aromatic rings. The van der Waals surface area contributed by atoms with Crippen molar-refractivity contribution >= 4 is 17.2 Å². The standard InChI is InChI=1S/C13H15NO2S/c1-8-6-7-17-12(8)13(15)14-10(3)11-5-4-9(2)16-11/h4-7,10H,1-3H3,(H,14,15)/t10-/m1/s1. The molecule has 0 aliphatic rings. The summed E-state index contributed by atoms with van der Waals surface area (Å²) in [6.07, 6.45) is 0. The van der Waals surface area contributed by atoms with Crippen molar-refractivity contribution in [2.75, 3.05) is 0 Å². The van der Waals surface area contributed by atoms with Gasteiger partial charge in [0, 0.05) is 0 Å². The van der Waals surface area contributed by atoms with Gasteiger partial charge in [0.15, 0.2) is 0 Å². The van der Waals surface area contributed by atoms with E-state index in [1.54, 1.807) is 0 Å². The molecule has 0 radical (unpaired) electrons. The van der Waals surface area contributed by atoms with Crippen molar-refractivity contribution in [2.45, 2.75) is 26.8 Å². The molecule has 1 atom stereocenters. The zero-order chi connectivity index (χ0) is 12.4. The van der Waals surface area contributed by atoms with Crippen LogP contribution in [0.15, 0.2) is 28.0 Å². The molecule has 2 aromatic heterocycles. The first-order valence-corrected chi connectivity index (χ1v) is 6.37. The maximum Gasteiger partial charge on any atom is 0.262 e. The van der Waals surface area contributed by atoms with Crippen LogP contribution in [0.5, 0.6) is 0 Å². The number of nitrogens with one attached hydrogen (secondary N) is 1. The minimum Gasteiger partial charge on any atom is -0.464 e. The number of thiophene rings is 1. The summed E-state index contributed by atoms with van der Waals surface area (Å²) < 4.78 is 5.48. The number of amides is 1. The number of carbonyl (C=O) groups excluding carboxylic acids is 1. The predicted octanol–water partition coefficient (Wildman–Crippen LogP) is 3.45. The third kappa shape index (κ3) is 2.58. The lowest BCUT2D eigenvalue weighted by Gasteiger charge is -2.10. The molecule has 0 fully saturated rings. The molecule has 1 N–H and O–H groups in total. The fraction of sp³-hybridized carbons (Fsp3) is 0.308. The average Bonchev–Trinajstić information content (AvgIpc) is 2.86. The molecule has 4 heteroatoms. The van der Waals surface area contributed by atoms with E-state index in [0.717, 1.165) is 22.0 Å². The molecule has 0 unspecified atom stereocenters. The van der Waals surface area contributed by atoms with Crippen LogP contribution in [0.4, 0.5) is 0 Å². The third-order valence-corrected chi connectivity index (χ3v) is 3.62. The number of carbonyl (C=O) groups is 1. The second-order valence-corrected chi connectivity index (χ2v) is 4.99. The molecule has 90 valence electrons. The Kier molecular flexibility index (Phi) is 3.33. The van der Waals surface area contributed by atoms with Crippen molar-refractivity contribution in [3.63, 3.8) is 0 Å². The van der Waals surface area contributed by atoms with Gasteiger partial charge in [-0.1, -0.05) is 0 Å². The summed E-state index contributed by atoms with van der Waals surface area (Å²) in [5.41, 5.74) is 1.01. The Labute approximate surface area is 104 Å². The normalized spacial score (nSPS) is 12.4. The van der Waals surface area contributed by atoms with Crippen molar-refractivity contribution in [1.29, 1.82) is 0 Å². The van der Waals surface area contributed by atoms with E-state index >= 15 is 0 Å². The Bertz CT molecular complexity index is 527. The zero-order valence-corrected chi connectivity index (χ0v) is 10.9. The highest BCUT2D eigenvalue weighted by atomic mass is 32.1. The number of hydrogen-bond acceptors (Lipinski definition) is 3. The van der Waals surface area contributed by atoms with Gasteiger partial charge in [-0.25, -0.2) is 0 Å². The second-order valence-electron chi connectivity index (χ2n) is 4.08. The van der Waals surface area contributed by atoms with E-state index in [4.69, 9.17) is 4.42 Å². The summed E-state index contributed by atoms with van der Waals surface area (Å²) >= 11 is 1.46. The van der Waals surface area contributed by atoms with Crippen LogP contribution < -0.4 is 5.32 Å². The lowest BCUT2D eigenvalue weighted by Crippen LogP contribution is -2.26. The van der Waals surface area contributed by atoms with Crippen LogP contribution in [0.1, 0.15) is 39.7 Å². The molecule has 0 aliphatic heterocycles. The average molecular weight is 249 g/mol. The molecule has 2 rings (SSSR count). The molecule has 0 saturated heterocycles. The maximum absolute atomic E-state index is 12.0. The minimum atomic E-state index is -0.113. The first kappa shape index (κ1) is 11.9. The first-order chi connectivity index (χ1) is 8.08. The number of hydrogen-bond donors (Lipinski definition) is 1. The molecule has 1 amide bonds. The van der Waals surface area contributed by atoms with Crippen LogP contribution in [0.2, 0.25) is 0 Å². The molecular weight excluding hydrogens is 234 g/mol. The van der Waals surface area contributed by atoms with E-state index in [0.29, 0.717) is 0 Å². The van der Waals surface area contributed by atoms with Gasteiger partial charge in [0.05, 0.1) is 10.9 Å². The fourth-order valence-electron chi connectivity index (χ4n) is 1.62. The highest BCUT2D eigenvalue weighted by molar-refractivity contribution is 7.12. The Morgan fingerprint density at radius 3 is 2.65 bits per heavy atom. The molecule has 0 spiro atoms. The minimum absolute atomic E-state index is 0.0425. The number of rotatable bonds is 3. The highest BCUT2D eigenvalue weighted by Crippen LogP contribution is 2.19. The van der Waals surface area contributed by atoms with Crippen molar-refractivity contribution in [3.8, 4) is 0 Å². The van der Waals surface area contributed by atoms with Gasteiger partial charge >= 0.3 is 0 Å². The molecular formula is C13H15NO2S. The lowest BCUT2D eigenvalue weighted by atomic mass is 10.2. The van der Waals surface area contributed by atoms with Crippen molar-refractivity contribution in [2.24, 2.45) is 0 Å². The molecule has 17 heavy (non-hydrogen) atoms. The SMILES string of the molecule is Cc1ccc([C@@H](C)NC(=O)c2sccc2C)o1. The molecule has 3 nitrogen and oxygen atoms in total.